The second-order valence-corrected chi connectivity index (χ2v) is 3.98. The smallest absolute Gasteiger partial charge is 0.0348 e. The molecule has 2 heteroatoms. The van der Waals surface area contributed by atoms with Crippen molar-refractivity contribution >= 4 is 0 Å². The van der Waals surface area contributed by atoms with E-state index in [0.717, 1.165) is 6.54 Å². The summed E-state index contributed by atoms with van der Waals surface area (Å²) in [6, 6.07) is 0.558. The van der Waals surface area contributed by atoms with Crippen molar-refractivity contribution in [2.24, 2.45) is 0 Å². The summed E-state index contributed by atoms with van der Waals surface area (Å²) in [5.41, 5.74) is 0.315. The van der Waals surface area contributed by atoms with Gasteiger partial charge in [-0.05, 0) is 40.4 Å². The molecule has 0 aliphatic heterocycles. The van der Waals surface area contributed by atoms with Crippen LogP contribution in [0.25, 0.3) is 0 Å². The molecular weight excluding hydrogens is 160 g/mol. The molecule has 0 aromatic heterocycles. The Morgan fingerprint density at radius 3 is 1.85 bits per heavy atom. The third kappa shape index (κ3) is 2.68. The summed E-state index contributed by atoms with van der Waals surface area (Å²) >= 11 is 0. The lowest BCUT2D eigenvalue weighted by Crippen LogP contribution is -2.57. The zero-order valence-corrected chi connectivity index (χ0v) is 10.1. The fourth-order valence-electron chi connectivity index (χ4n) is 2.38. The molecule has 0 aromatic carbocycles. The first-order valence-corrected chi connectivity index (χ1v) is 5.45. The third-order valence-corrected chi connectivity index (χ3v) is 3.43. The van der Waals surface area contributed by atoms with Crippen LogP contribution in [0.15, 0.2) is 0 Å². The standard InChI is InChI=1S/C11H26N2/c1-7-11(8-2,13(5)6)10(4)12-9-3/h10,12H,7-9H2,1-6H3. The highest BCUT2D eigenvalue weighted by Gasteiger charge is 2.34. The molecule has 0 aliphatic carbocycles. The topological polar surface area (TPSA) is 15.3 Å². The Hall–Kier alpha value is -0.0800. The molecule has 0 amide bonds. The number of nitrogens with zero attached hydrogens (tertiary/aromatic N) is 1. The Balaban J connectivity index is 4.54. The molecule has 2 nitrogen and oxygen atoms in total. The van der Waals surface area contributed by atoms with E-state index in [0.29, 0.717) is 11.6 Å². The van der Waals surface area contributed by atoms with Crippen LogP contribution in [0, 0.1) is 0 Å². The molecule has 1 atom stereocenters. The fourth-order valence-corrected chi connectivity index (χ4v) is 2.38. The first-order chi connectivity index (χ1) is 6.05. The lowest BCUT2D eigenvalue weighted by molar-refractivity contribution is 0.0969. The van der Waals surface area contributed by atoms with E-state index in [2.05, 4.69) is 52.0 Å². The Bertz CT molecular complexity index is 128. The van der Waals surface area contributed by atoms with E-state index in [-0.39, 0.29) is 0 Å². The van der Waals surface area contributed by atoms with Gasteiger partial charge in [0.1, 0.15) is 0 Å². The van der Waals surface area contributed by atoms with Crippen molar-refractivity contribution in [1.29, 1.82) is 0 Å². The van der Waals surface area contributed by atoms with Crippen LogP contribution in [0.3, 0.4) is 0 Å². The van der Waals surface area contributed by atoms with E-state index in [1.807, 2.05) is 0 Å². The lowest BCUT2D eigenvalue weighted by atomic mass is 9.84. The lowest BCUT2D eigenvalue weighted by Gasteiger charge is -2.44. The quantitative estimate of drug-likeness (QED) is 0.683. The fraction of sp³-hybridized carbons (Fsp3) is 1.00. The van der Waals surface area contributed by atoms with Crippen molar-refractivity contribution in [2.45, 2.75) is 52.1 Å². The minimum Gasteiger partial charge on any atom is -0.313 e. The first kappa shape index (κ1) is 12.9. The van der Waals surface area contributed by atoms with Gasteiger partial charge in [0, 0.05) is 11.6 Å². The highest BCUT2D eigenvalue weighted by atomic mass is 15.2. The average molecular weight is 186 g/mol. The SMILES string of the molecule is CCNC(C)C(CC)(CC)N(C)C. The maximum Gasteiger partial charge on any atom is 0.0348 e. The van der Waals surface area contributed by atoms with E-state index in [1.165, 1.54) is 12.8 Å². The van der Waals surface area contributed by atoms with Crippen LogP contribution >= 0.6 is 0 Å². The largest absolute Gasteiger partial charge is 0.313 e. The van der Waals surface area contributed by atoms with Crippen LogP contribution in [0.5, 0.6) is 0 Å². The van der Waals surface area contributed by atoms with Crippen LogP contribution in [-0.4, -0.2) is 37.1 Å². The van der Waals surface area contributed by atoms with Crippen molar-refractivity contribution in [1.82, 2.24) is 10.2 Å². The van der Waals surface area contributed by atoms with Gasteiger partial charge < -0.3 is 10.2 Å². The Morgan fingerprint density at radius 2 is 1.62 bits per heavy atom. The maximum absolute atomic E-state index is 3.53. The molecule has 0 radical (unpaired) electrons. The average Bonchev–Trinajstić information content (AvgIpc) is 2.07. The van der Waals surface area contributed by atoms with Crippen molar-refractivity contribution in [3.63, 3.8) is 0 Å². The van der Waals surface area contributed by atoms with Crippen molar-refractivity contribution in [2.75, 3.05) is 20.6 Å². The Morgan fingerprint density at radius 1 is 1.15 bits per heavy atom. The second kappa shape index (κ2) is 5.61. The van der Waals surface area contributed by atoms with Gasteiger partial charge in [-0.1, -0.05) is 20.8 Å². The number of hydrogen-bond acceptors (Lipinski definition) is 2. The predicted molar refractivity (Wildman–Crippen MR) is 60.1 cm³/mol. The maximum atomic E-state index is 3.53. The molecule has 0 saturated heterocycles. The van der Waals surface area contributed by atoms with E-state index >= 15 is 0 Å². The minimum absolute atomic E-state index is 0.315. The van der Waals surface area contributed by atoms with Gasteiger partial charge in [0.2, 0.25) is 0 Å². The molecule has 0 fully saturated rings. The van der Waals surface area contributed by atoms with Gasteiger partial charge in [-0.25, -0.2) is 0 Å². The Labute approximate surface area is 83.7 Å². The van der Waals surface area contributed by atoms with Gasteiger partial charge >= 0.3 is 0 Å². The highest BCUT2D eigenvalue weighted by molar-refractivity contribution is 4.94. The molecule has 80 valence electrons. The van der Waals surface area contributed by atoms with Crippen LogP contribution < -0.4 is 5.32 Å². The summed E-state index contributed by atoms with van der Waals surface area (Å²) in [5, 5.41) is 3.53. The zero-order chi connectivity index (χ0) is 10.5. The summed E-state index contributed by atoms with van der Waals surface area (Å²) in [5.74, 6) is 0. The molecule has 0 rings (SSSR count). The highest BCUT2D eigenvalue weighted by Crippen LogP contribution is 2.25. The third-order valence-electron chi connectivity index (χ3n) is 3.43. The van der Waals surface area contributed by atoms with Gasteiger partial charge in [0.15, 0.2) is 0 Å². The van der Waals surface area contributed by atoms with Gasteiger partial charge in [-0.2, -0.15) is 0 Å². The molecule has 1 unspecified atom stereocenters. The van der Waals surface area contributed by atoms with Crippen molar-refractivity contribution in [3.8, 4) is 0 Å². The summed E-state index contributed by atoms with van der Waals surface area (Å²) < 4.78 is 0. The van der Waals surface area contributed by atoms with E-state index in [9.17, 15) is 0 Å². The summed E-state index contributed by atoms with van der Waals surface area (Å²) in [7, 11) is 4.36. The molecule has 13 heavy (non-hydrogen) atoms. The van der Waals surface area contributed by atoms with Gasteiger partial charge in [-0.15, -0.1) is 0 Å². The number of hydrogen-bond donors (Lipinski definition) is 1. The number of nitrogens with one attached hydrogen (secondary N) is 1. The monoisotopic (exact) mass is 186 g/mol. The molecule has 1 N–H and O–H groups in total. The first-order valence-electron chi connectivity index (χ1n) is 5.45. The van der Waals surface area contributed by atoms with E-state index in [4.69, 9.17) is 0 Å². The predicted octanol–water partition coefficient (Wildman–Crippen LogP) is 2.10. The van der Waals surface area contributed by atoms with Crippen molar-refractivity contribution in [3.05, 3.63) is 0 Å². The molecule has 0 heterocycles. The van der Waals surface area contributed by atoms with Crippen LogP contribution in [0.4, 0.5) is 0 Å². The van der Waals surface area contributed by atoms with Crippen LogP contribution in [0.2, 0.25) is 0 Å². The van der Waals surface area contributed by atoms with Crippen LogP contribution in [-0.2, 0) is 0 Å². The summed E-state index contributed by atoms with van der Waals surface area (Å²) in [4.78, 5) is 2.36. The van der Waals surface area contributed by atoms with Gasteiger partial charge in [-0.3, -0.25) is 0 Å². The molecule has 0 saturated carbocycles. The normalized spacial score (nSPS) is 15.0. The van der Waals surface area contributed by atoms with Crippen LogP contribution in [0.1, 0.15) is 40.5 Å². The molecule has 0 aromatic rings. The summed E-state index contributed by atoms with van der Waals surface area (Å²) in [6.07, 6.45) is 2.40. The molecule has 0 bridgehead atoms. The Kier molecular flexibility index (Phi) is 5.57. The van der Waals surface area contributed by atoms with Gasteiger partial charge in [0.25, 0.3) is 0 Å². The van der Waals surface area contributed by atoms with Crippen molar-refractivity contribution < 1.29 is 0 Å². The number of likely N-dealkylation sites (N-methyl/N-ethyl adjacent to an activating group) is 2. The van der Waals surface area contributed by atoms with Gasteiger partial charge in [0.05, 0.1) is 0 Å². The number of rotatable bonds is 6. The molecule has 0 aliphatic rings. The van der Waals surface area contributed by atoms with E-state index in [1.54, 1.807) is 0 Å². The second-order valence-electron chi connectivity index (χ2n) is 3.98. The summed E-state index contributed by atoms with van der Waals surface area (Å²) in [6.45, 7) is 10.1. The molecular formula is C11H26N2. The van der Waals surface area contributed by atoms with E-state index < -0.39 is 0 Å². The minimum atomic E-state index is 0.315. The molecule has 0 spiro atoms. The zero-order valence-electron chi connectivity index (χ0n) is 10.1.